The van der Waals surface area contributed by atoms with Crippen molar-refractivity contribution >= 4 is 5.97 Å². The van der Waals surface area contributed by atoms with Crippen molar-refractivity contribution in [3.05, 3.63) is 28.4 Å². The Bertz CT molecular complexity index is 381. The monoisotopic (exact) mass is 182 g/mol. The molecule has 5 nitrogen and oxygen atoms in total. The van der Waals surface area contributed by atoms with Gasteiger partial charge in [-0.3, -0.25) is 4.57 Å². The van der Waals surface area contributed by atoms with E-state index in [0.717, 1.165) is 4.57 Å². The van der Waals surface area contributed by atoms with Crippen molar-refractivity contribution in [1.82, 2.24) is 9.55 Å². The van der Waals surface area contributed by atoms with E-state index in [2.05, 4.69) is 4.98 Å². The van der Waals surface area contributed by atoms with E-state index in [1.54, 1.807) is 13.8 Å². The Kier molecular flexibility index (Phi) is 2.46. The molecule has 70 valence electrons. The van der Waals surface area contributed by atoms with Crippen molar-refractivity contribution in [3.8, 4) is 0 Å². The standard InChI is InChI=1S/C8H10N2O3/c1-5(2)10-6(7(11)12)3-4-9-8(10)13/h3-5H,1-2H3,(H,11,12). The highest BCUT2D eigenvalue weighted by molar-refractivity contribution is 5.85. The first kappa shape index (κ1) is 9.44. The van der Waals surface area contributed by atoms with Gasteiger partial charge < -0.3 is 5.11 Å². The number of rotatable bonds is 2. The summed E-state index contributed by atoms with van der Waals surface area (Å²) in [5, 5.41) is 8.75. The molecule has 0 radical (unpaired) electrons. The number of carbonyl (C=O) groups is 1. The summed E-state index contributed by atoms with van der Waals surface area (Å²) < 4.78 is 1.14. The normalized spacial score (nSPS) is 10.4. The molecule has 0 aliphatic carbocycles. The first-order chi connectivity index (χ1) is 6.04. The van der Waals surface area contributed by atoms with E-state index in [-0.39, 0.29) is 11.7 Å². The Labute approximate surface area is 74.7 Å². The third kappa shape index (κ3) is 1.74. The van der Waals surface area contributed by atoms with Gasteiger partial charge in [0, 0.05) is 12.2 Å². The predicted octanol–water partition coefficient (Wildman–Crippen LogP) is 0.522. The summed E-state index contributed by atoms with van der Waals surface area (Å²) in [5.41, 5.74) is -0.565. The Morgan fingerprint density at radius 1 is 1.62 bits per heavy atom. The molecule has 13 heavy (non-hydrogen) atoms. The zero-order valence-corrected chi connectivity index (χ0v) is 7.39. The van der Waals surface area contributed by atoms with E-state index in [0.29, 0.717) is 0 Å². The summed E-state index contributed by atoms with van der Waals surface area (Å²) in [6.07, 6.45) is 1.20. The average Bonchev–Trinajstić information content (AvgIpc) is 2.02. The summed E-state index contributed by atoms with van der Waals surface area (Å²) in [4.78, 5) is 25.4. The Balaban J connectivity index is 3.43. The minimum absolute atomic E-state index is 0.0324. The lowest BCUT2D eigenvalue weighted by Gasteiger charge is -2.11. The average molecular weight is 182 g/mol. The van der Waals surface area contributed by atoms with E-state index in [1.807, 2.05) is 0 Å². The van der Waals surface area contributed by atoms with E-state index in [9.17, 15) is 9.59 Å². The molecule has 0 aliphatic heterocycles. The molecule has 0 fully saturated rings. The molecule has 0 aromatic carbocycles. The van der Waals surface area contributed by atoms with E-state index in [1.165, 1.54) is 12.3 Å². The molecule has 0 unspecified atom stereocenters. The molecule has 0 aliphatic rings. The largest absolute Gasteiger partial charge is 0.477 e. The molecule has 1 aromatic heterocycles. The maximum absolute atomic E-state index is 11.2. The fourth-order valence-corrected chi connectivity index (χ4v) is 1.09. The van der Waals surface area contributed by atoms with Gasteiger partial charge in [0.05, 0.1) is 0 Å². The quantitative estimate of drug-likeness (QED) is 0.723. The van der Waals surface area contributed by atoms with Crippen molar-refractivity contribution in [2.24, 2.45) is 0 Å². The van der Waals surface area contributed by atoms with Crippen LogP contribution in [0.1, 0.15) is 30.4 Å². The minimum Gasteiger partial charge on any atom is -0.477 e. The Hall–Kier alpha value is -1.65. The van der Waals surface area contributed by atoms with Crippen LogP contribution in [0.3, 0.4) is 0 Å². The van der Waals surface area contributed by atoms with Crippen LogP contribution in [0.25, 0.3) is 0 Å². The van der Waals surface area contributed by atoms with Gasteiger partial charge in [-0.1, -0.05) is 0 Å². The van der Waals surface area contributed by atoms with Crippen LogP contribution in [-0.4, -0.2) is 20.6 Å². The number of carboxylic acids is 1. The third-order valence-corrected chi connectivity index (χ3v) is 1.62. The Morgan fingerprint density at radius 3 is 2.62 bits per heavy atom. The van der Waals surface area contributed by atoms with Crippen molar-refractivity contribution in [2.45, 2.75) is 19.9 Å². The smallest absolute Gasteiger partial charge is 0.352 e. The number of carboxylic acid groups (broad SMARTS) is 1. The molecule has 0 atom stereocenters. The van der Waals surface area contributed by atoms with Gasteiger partial charge in [0.1, 0.15) is 5.69 Å². The van der Waals surface area contributed by atoms with Gasteiger partial charge >= 0.3 is 11.7 Å². The molecule has 1 rings (SSSR count). The second kappa shape index (κ2) is 3.38. The molecule has 0 saturated heterocycles. The van der Waals surface area contributed by atoms with Gasteiger partial charge in [-0.05, 0) is 19.9 Å². The topological polar surface area (TPSA) is 72.2 Å². The van der Waals surface area contributed by atoms with Crippen LogP contribution in [0.2, 0.25) is 0 Å². The van der Waals surface area contributed by atoms with Crippen molar-refractivity contribution in [2.75, 3.05) is 0 Å². The summed E-state index contributed by atoms with van der Waals surface area (Å²) >= 11 is 0. The van der Waals surface area contributed by atoms with Gasteiger partial charge in [0.25, 0.3) is 0 Å². The fraction of sp³-hybridized carbons (Fsp3) is 0.375. The van der Waals surface area contributed by atoms with Crippen LogP contribution in [0, 0.1) is 0 Å². The number of hydrogen-bond donors (Lipinski definition) is 1. The van der Waals surface area contributed by atoms with Crippen LogP contribution in [0.4, 0.5) is 0 Å². The molecule has 0 bridgehead atoms. The number of aromatic carboxylic acids is 1. The Morgan fingerprint density at radius 2 is 2.23 bits per heavy atom. The second-order valence-corrected chi connectivity index (χ2v) is 2.88. The van der Waals surface area contributed by atoms with Crippen molar-refractivity contribution in [3.63, 3.8) is 0 Å². The molecule has 5 heteroatoms. The van der Waals surface area contributed by atoms with Crippen LogP contribution in [-0.2, 0) is 0 Å². The lowest BCUT2D eigenvalue weighted by atomic mass is 10.3. The minimum atomic E-state index is -1.12. The van der Waals surface area contributed by atoms with Gasteiger partial charge in [-0.25, -0.2) is 14.6 Å². The van der Waals surface area contributed by atoms with Gasteiger partial charge in [0.2, 0.25) is 0 Å². The first-order valence-corrected chi connectivity index (χ1v) is 3.85. The van der Waals surface area contributed by atoms with Crippen LogP contribution in [0.15, 0.2) is 17.1 Å². The molecular weight excluding hydrogens is 172 g/mol. The lowest BCUT2D eigenvalue weighted by molar-refractivity contribution is 0.0681. The lowest BCUT2D eigenvalue weighted by Crippen LogP contribution is -2.29. The highest BCUT2D eigenvalue weighted by Gasteiger charge is 2.12. The summed E-state index contributed by atoms with van der Waals surface area (Å²) in [5.74, 6) is -1.12. The fourth-order valence-electron chi connectivity index (χ4n) is 1.09. The molecule has 1 aromatic rings. The highest BCUT2D eigenvalue weighted by atomic mass is 16.4. The van der Waals surface area contributed by atoms with E-state index in [4.69, 9.17) is 5.11 Å². The number of nitrogens with zero attached hydrogens (tertiary/aromatic N) is 2. The zero-order valence-electron chi connectivity index (χ0n) is 7.39. The van der Waals surface area contributed by atoms with Crippen LogP contribution >= 0.6 is 0 Å². The summed E-state index contributed by atoms with van der Waals surface area (Å²) in [7, 11) is 0. The molecule has 1 heterocycles. The molecular formula is C8H10N2O3. The SMILES string of the molecule is CC(C)n1c(C(=O)O)ccnc1=O. The number of hydrogen-bond acceptors (Lipinski definition) is 3. The predicted molar refractivity (Wildman–Crippen MR) is 45.8 cm³/mol. The molecule has 1 N–H and O–H groups in total. The first-order valence-electron chi connectivity index (χ1n) is 3.85. The highest BCUT2D eigenvalue weighted by Crippen LogP contribution is 2.04. The maximum Gasteiger partial charge on any atom is 0.352 e. The summed E-state index contributed by atoms with van der Waals surface area (Å²) in [6.45, 7) is 3.46. The number of aromatic nitrogens is 2. The van der Waals surface area contributed by atoms with Crippen LogP contribution in [0.5, 0.6) is 0 Å². The van der Waals surface area contributed by atoms with Gasteiger partial charge in [-0.15, -0.1) is 0 Å². The van der Waals surface area contributed by atoms with Crippen molar-refractivity contribution < 1.29 is 9.90 Å². The van der Waals surface area contributed by atoms with Crippen LogP contribution < -0.4 is 5.69 Å². The third-order valence-electron chi connectivity index (χ3n) is 1.62. The van der Waals surface area contributed by atoms with Gasteiger partial charge in [-0.2, -0.15) is 0 Å². The molecule has 0 saturated carbocycles. The second-order valence-electron chi connectivity index (χ2n) is 2.88. The zero-order chi connectivity index (χ0) is 10.0. The van der Waals surface area contributed by atoms with E-state index >= 15 is 0 Å². The molecule has 0 amide bonds. The molecule has 0 spiro atoms. The van der Waals surface area contributed by atoms with Gasteiger partial charge in [0.15, 0.2) is 0 Å². The van der Waals surface area contributed by atoms with E-state index < -0.39 is 11.7 Å². The maximum atomic E-state index is 11.2. The van der Waals surface area contributed by atoms with Crippen molar-refractivity contribution in [1.29, 1.82) is 0 Å². The summed E-state index contributed by atoms with van der Waals surface area (Å²) in [6, 6.07) is 1.11.